The zero-order chi connectivity index (χ0) is 26.7. The van der Waals surface area contributed by atoms with E-state index in [9.17, 15) is 9.59 Å². The van der Waals surface area contributed by atoms with Crippen LogP contribution in [-0.4, -0.2) is 38.5 Å². The van der Waals surface area contributed by atoms with E-state index in [1.165, 1.54) is 6.08 Å². The lowest BCUT2D eigenvalue weighted by Crippen LogP contribution is -2.45. The Morgan fingerprint density at radius 3 is 2.08 bits per heavy atom. The van der Waals surface area contributed by atoms with Crippen LogP contribution in [0.2, 0.25) is 5.02 Å². The van der Waals surface area contributed by atoms with Crippen LogP contribution in [0.3, 0.4) is 0 Å². The minimum atomic E-state index is -1.27. The van der Waals surface area contributed by atoms with Crippen LogP contribution in [0.15, 0.2) is 109 Å². The summed E-state index contributed by atoms with van der Waals surface area (Å²) in [5, 5.41) is 9.63. The molecule has 0 aliphatic carbocycles. The van der Waals surface area contributed by atoms with Crippen molar-refractivity contribution in [3.63, 3.8) is 0 Å². The van der Waals surface area contributed by atoms with Crippen molar-refractivity contribution in [2.45, 2.75) is 12.1 Å². The van der Waals surface area contributed by atoms with Gasteiger partial charge in [-0.3, -0.25) is 24.5 Å². The van der Waals surface area contributed by atoms with E-state index in [1.54, 1.807) is 91.3 Å². The van der Waals surface area contributed by atoms with Crippen LogP contribution in [0, 0.1) is 11.3 Å². The first kappa shape index (κ1) is 24.9. The molecular weight excluding hydrogens is 498 g/mol. The maximum absolute atomic E-state index is 14.6. The van der Waals surface area contributed by atoms with E-state index in [-0.39, 0.29) is 18.2 Å². The van der Waals surface area contributed by atoms with Gasteiger partial charge in [-0.15, -0.1) is 0 Å². The number of pyridine rings is 2. The van der Waals surface area contributed by atoms with E-state index < -0.39 is 5.54 Å². The number of rotatable bonds is 6. The molecule has 8 heteroatoms. The second kappa shape index (κ2) is 10.3. The van der Waals surface area contributed by atoms with Crippen LogP contribution in [-0.2, 0) is 16.9 Å². The molecule has 2 aromatic heterocycles. The van der Waals surface area contributed by atoms with Gasteiger partial charge in [0.25, 0.3) is 5.91 Å². The normalized spacial score (nSPS) is 15.5. The molecule has 3 heterocycles. The highest BCUT2D eigenvalue weighted by atomic mass is 35.5. The summed E-state index contributed by atoms with van der Waals surface area (Å²) in [6.07, 6.45) is 8.02. The first-order valence-electron chi connectivity index (χ1n) is 11.8. The van der Waals surface area contributed by atoms with E-state index in [1.807, 2.05) is 23.1 Å². The average molecular weight is 520 g/mol. The molecule has 0 radical (unpaired) electrons. The maximum Gasteiger partial charge on any atom is 0.263 e. The highest BCUT2D eigenvalue weighted by molar-refractivity contribution is 6.31. The van der Waals surface area contributed by atoms with Gasteiger partial charge in [-0.25, -0.2) is 0 Å². The molecule has 1 amide bonds. The molecule has 1 aliphatic rings. The molecule has 1 fully saturated rings. The van der Waals surface area contributed by atoms with Gasteiger partial charge in [-0.2, -0.15) is 5.26 Å². The quantitative estimate of drug-likeness (QED) is 0.264. The number of carbonyl (C=O) groups excluding carboxylic acids is 2. The molecular formula is C30H22ClN5O2. The van der Waals surface area contributed by atoms with Crippen LogP contribution in [0.4, 0.5) is 0 Å². The van der Waals surface area contributed by atoms with Crippen molar-refractivity contribution in [3.05, 3.63) is 142 Å². The molecule has 0 unspecified atom stereocenters. The van der Waals surface area contributed by atoms with E-state index >= 15 is 0 Å². The Hall–Kier alpha value is -4.80. The first-order chi connectivity index (χ1) is 18.5. The molecule has 2 aromatic carbocycles. The summed E-state index contributed by atoms with van der Waals surface area (Å²) in [6.45, 7) is 0.160. The molecule has 4 aromatic rings. The number of ketones is 1. The van der Waals surface area contributed by atoms with Crippen LogP contribution in [0.25, 0.3) is 0 Å². The van der Waals surface area contributed by atoms with Crippen molar-refractivity contribution in [2.75, 3.05) is 7.05 Å². The van der Waals surface area contributed by atoms with E-state index in [2.05, 4.69) is 16.0 Å². The number of hydrogen-bond donors (Lipinski definition) is 0. The predicted octanol–water partition coefficient (Wildman–Crippen LogP) is 4.94. The second-order valence-corrected chi connectivity index (χ2v) is 9.19. The molecule has 0 bridgehead atoms. The van der Waals surface area contributed by atoms with Crippen molar-refractivity contribution in [1.29, 1.82) is 5.26 Å². The predicted molar refractivity (Wildman–Crippen MR) is 143 cm³/mol. The van der Waals surface area contributed by atoms with Gasteiger partial charge < -0.3 is 4.90 Å². The first-order valence-corrected chi connectivity index (χ1v) is 12.2. The molecule has 186 valence electrons. The SMILES string of the molecule is CN1C(=CC(=O)c2ccc(C#N)cc2)N(Cc2ccccc2Cl)C(=O)C1(c1ccncc1)c1ccncc1. The van der Waals surface area contributed by atoms with E-state index in [0.717, 1.165) is 5.56 Å². The molecule has 0 N–H and O–H groups in total. The smallest absolute Gasteiger partial charge is 0.263 e. The Labute approximate surface area is 225 Å². The van der Waals surface area contributed by atoms with E-state index in [0.29, 0.717) is 33.1 Å². The van der Waals surface area contributed by atoms with Crippen molar-refractivity contribution in [3.8, 4) is 6.07 Å². The number of allylic oxidation sites excluding steroid dienone is 1. The number of halogens is 1. The summed E-state index contributed by atoms with van der Waals surface area (Å²) in [7, 11) is 1.79. The van der Waals surface area contributed by atoms with Crippen LogP contribution in [0.5, 0.6) is 0 Å². The number of aromatic nitrogens is 2. The van der Waals surface area contributed by atoms with Crippen LogP contribution in [0.1, 0.15) is 32.6 Å². The molecule has 1 saturated heterocycles. The Kier molecular flexibility index (Phi) is 6.73. The number of benzene rings is 2. The van der Waals surface area contributed by atoms with Gasteiger partial charge in [0.1, 0.15) is 5.82 Å². The standard InChI is InChI=1S/C30H22ClN5O2/c1-35-28(18-27(37)22-8-6-21(19-32)7-9-22)36(20-23-4-2-3-5-26(23)31)29(38)30(35,24-10-14-33-15-11-24)25-12-16-34-17-13-25/h2-18H,20H2,1H3. The van der Waals surface area contributed by atoms with Crippen molar-refractivity contribution >= 4 is 23.3 Å². The molecule has 1 aliphatic heterocycles. The van der Waals surface area contributed by atoms with Crippen LogP contribution >= 0.6 is 11.6 Å². The van der Waals surface area contributed by atoms with Gasteiger partial charge in [0.15, 0.2) is 11.3 Å². The van der Waals surface area contributed by atoms with Gasteiger partial charge in [0.05, 0.1) is 18.2 Å². The number of nitriles is 1. The molecule has 0 spiro atoms. The molecule has 7 nitrogen and oxygen atoms in total. The van der Waals surface area contributed by atoms with Crippen molar-refractivity contribution in [1.82, 2.24) is 19.8 Å². The van der Waals surface area contributed by atoms with Crippen LogP contribution < -0.4 is 0 Å². The lowest BCUT2D eigenvalue weighted by atomic mass is 9.82. The second-order valence-electron chi connectivity index (χ2n) is 8.78. The number of amides is 1. The van der Waals surface area contributed by atoms with Gasteiger partial charge in [0, 0.05) is 48.5 Å². The Morgan fingerprint density at radius 1 is 0.947 bits per heavy atom. The fourth-order valence-corrected chi connectivity index (χ4v) is 5.01. The largest absolute Gasteiger partial charge is 0.339 e. The third-order valence-electron chi connectivity index (χ3n) is 6.72. The summed E-state index contributed by atoms with van der Waals surface area (Å²) >= 11 is 6.49. The zero-order valence-corrected chi connectivity index (χ0v) is 21.2. The number of carbonyl (C=O) groups is 2. The molecule has 0 atom stereocenters. The fourth-order valence-electron chi connectivity index (χ4n) is 4.82. The van der Waals surface area contributed by atoms with Gasteiger partial charge in [0.2, 0.25) is 0 Å². The average Bonchev–Trinajstić information content (AvgIpc) is 3.16. The third kappa shape index (κ3) is 4.21. The summed E-state index contributed by atoms with van der Waals surface area (Å²) in [4.78, 5) is 39.7. The zero-order valence-electron chi connectivity index (χ0n) is 20.5. The summed E-state index contributed by atoms with van der Waals surface area (Å²) in [5.41, 5.74) is 1.73. The van der Waals surface area contributed by atoms with Gasteiger partial charge in [-0.05, 0) is 71.3 Å². The third-order valence-corrected chi connectivity index (χ3v) is 7.09. The topological polar surface area (TPSA) is 90.2 Å². The summed E-state index contributed by atoms with van der Waals surface area (Å²) in [6, 6.07) is 23.0. The lowest BCUT2D eigenvalue weighted by molar-refractivity contribution is -0.132. The monoisotopic (exact) mass is 519 g/mol. The fraction of sp³-hybridized carbons (Fsp3) is 0.100. The van der Waals surface area contributed by atoms with Gasteiger partial charge in [-0.1, -0.05) is 29.8 Å². The maximum atomic E-state index is 14.6. The highest BCUT2D eigenvalue weighted by Gasteiger charge is 2.56. The Balaban J connectivity index is 1.70. The van der Waals surface area contributed by atoms with E-state index in [4.69, 9.17) is 16.9 Å². The lowest BCUT2D eigenvalue weighted by Gasteiger charge is -2.35. The summed E-state index contributed by atoms with van der Waals surface area (Å²) in [5.74, 6) is -0.123. The Bertz CT molecular complexity index is 1520. The number of likely N-dealkylation sites (N-methyl/N-ethyl adjacent to an activating group) is 1. The summed E-state index contributed by atoms with van der Waals surface area (Å²) < 4.78 is 0. The number of hydrogen-bond acceptors (Lipinski definition) is 6. The van der Waals surface area contributed by atoms with Crippen molar-refractivity contribution in [2.24, 2.45) is 0 Å². The Morgan fingerprint density at radius 2 is 1.53 bits per heavy atom. The molecule has 0 saturated carbocycles. The number of nitrogens with zero attached hydrogens (tertiary/aromatic N) is 5. The molecule has 38 heavy (non-hydrogen) atoms. The molecule has 5 rings (SSSR count). The van der Waals surface area contributed by atoms with Crippen molar-refractivity contribution < 1.29 is 9.59 Å². The van der Waals surface area contributed by atoms with Gasteiger partial charge >= 0.3 is 0 Å². The highest BCUT2D eigenvalue weighted by Crippen LogP contribution is 2.46. The minimum Gasteiger partial charge on any atom is -0.339 e. The minimum absolute atomic E-state index is 0.160.